The van der Waals surface area contributed by atoms with Crippen molar-refractivity contribution in [3.63, 3.8) is 0 Å². The van der Waals surface area contributed by atoms with Crippen molar-refractivity contribution < 1.29 is 14.9 Å². The van der Waals surface area contributed by atoms with Gasteiger partial charge in [-0.1, -0.05) is 0 Å². The van der Waals surface area contributed by atoms with E-state index in [0.717, 1.165) is 0 Å². The zero-order valence-electron chi connectivity index (χ0n) is 9.52. The highest BCUT2D eigenvalue weighted by atomic mass is 16.5. The Kier molecular flexibility index (Phi) is 3.62. The first-order valence-corrected chi connectivity index (χ1v) is 5.54. The average Bonchev–Trinajstić information content (AvgIpc) is 2.32. The maximum absolute atomic E-state index is 11.6. The Morgan fingerprint density at radius 1 is 1.56 bits per heavy atom. The Morgan fingerprint density at radius 3 is 2.89 bits per heavy atom. The van der Waals surface area contributed by atoms with Gasteiger partial charge >= 0.3 is 5.69 Å². The number of aliphatic hydroxyl groups excluding tert-OH is 2. The Morgan fingerprint density at radius 2 is 2.28 bits per heavy atom. The number of aliphatic hydroxyl groups is 2. The van der Waals surface area contributed by atoms with Gasteiger partial charge in [0.25, 0.3) is 5.56 Å². The third kappa shape index (κ3) is 2.36. The van der Waals surface area contributed by atoms with Gasteiger partial charge in [0, 0.05) is 24.7 Å². The standard InChI is InChI=1S/C10H15N3O5/c11-5-3-8(18-6(4-14)9(5)16)13-2-1-7(15)12-10(13)17/h1-2,5-6,8-9,14,16H,3-4,11H2,(H,12,15,17)/t5-,6-,8-,9+/m1/s1. The smallest absolute Gasteiger partial charge is 0.330 e. The number of nitrogens with two attached hydrogens (primary N) is 1. The zero-order valence-corrected chi connectivity index (χ0v) is 9.52. The second-order valence-electron chi connectivity index (χ2n) is 4.22. The van der Waals surface area contributed by atoms with E-state index in [-0.39, 0.29) is 6.42 Å². The molecule has 1 fully saturated rings. The first kappa shape index (κ1) is 13.0. The minimum absolute atomic E-state index is 0.212. The molecule has 2 rings (SSSR count). The fraction of sp³-hybridized carbons (Fsp3) is 0.600. The van der Waals surface area contributed by atoms with Gasteiger partial charge in [-0.05, 0) is 0 Å². The predicted molar refractivity (Wildman–Crippen MR) is 60.9 cm³/mol. The lowest BCUT2D eigenvalue weighted by atomic mass is 9.99. The molecule has 1 saturated heterocycles. The molecule has 8 nitrogen and oxygen atoms in total. The molecule has 0 radical (unpaired) electrons. The van der Waals surface area contributed by atoms with E-state index >= 15 is 0 Å². The summed E-state index contributed by atoms with van der Waals surface area (Å²) >= 11 is 0. The van der Waals surface area contributed by atoms with E-state index in [1.165, 1.54) is 16.8 Å². The normalized spacial score (nSPS) is 32.4. The highest BCUT2D eigenvalue weighted by molar-refractivity contribution is 4.90. The van der Waals surface area contributed by atoms with Crippen molar-refractivity contribution in [2.24, 2.45) is 5.73 Å². The van der Waals surface area contributed by atoms with Gasteiger partial charge in [0.2, 0.25) is 0 Å². The first-order chi connectivity index (χ1) is 8.52. The van der Waals surface area contributed by atoms with Gasteiger partial charge in [-0.2, -0.15) is 0 Å². The van der Waals surface area contributed by atoms with Crippen LogP contribution in [0.3, 0.4) is 0 Å². The Labute approximate surface area is 102 Å². The molecule has 4 atom stereocenters. The van der Waals surface area contributed by atoms with Gasteiger partial charge in [-0.15, -0.1) is 0 Å². The number of rotatable bonds is 2. The molecule has 18 heavy (non-hydrogen) atoms. The molecule has 2 heterocycles. The Hall–Kier alpha value is -1.48. The van der Waals surface area contributed by atoms with E-state index in [0.29, 0.717) is 0 Å². The first-order valence-electron chi connectivity index (χ1n) is 5.54. The van der Waals surface area contributed by atoms with Crippen LogP contribution >= 0.6 is 0 Å². The van der Waals surface area contributed by atoms with Gasteiger partial charge in [-0.3, -0.25) is 14.3 Å². The number of hydrogen-bond donors (Lipinski definition) is 4. The molecule has 1 aliphatic heterocycles. The summed E-state index contributed by atoms with van der Waals surface area (Å²) in [5.74, 6) is 0. The molecular formula is C10H15N3O5. The van der Waals surface area contributed by atoms with Crippen LogP contribution in [0.1, 0.15) is 12.6 Å². The fourth-order valence-corrected chi connectivity index (χ4v) is 1.97. The lowest BCUT2D eigenvalue weighted by molar-refractivity contribution is -0.168. The number of aromatic nitrogens is 2. The van der Waals surface area contributed by atoms with Crippen molar-refractivity contribution >= 4 is 0 Å². The average molecular weight is 257 g/mol. The molecule has 0 spiro atoms. The molecule has 0 amide bonds. The molecule has 0 aromatic carbocycles. The van der Waals surface area contributed by atoms with Crippen molar-refractivity contribution in [2.75, 3.05) is 6.61 Å². The second kappa shape index (κ2) is 5.02. The van der Waals surface area contributed by atoms with E-state index in [9.17, 15) is 14.7 Å². The molecule has 100 valence electrons. The molecular weight excluding hydrogens is 242 g/mol. The maximum atomic E-state index is 11.6. The summed E-state index contributed by atoms with van der Waals surface area (Å²) in [6.45, 7) is -0.399. The number of H-pyrrole nitrogens is 1. The van der Waals surface area contributed by atoms with Gasteiger partial charge in [0.1, 0.15) is 12.3 Å². The van der Waals surface area contributed by atoms with Gasteiger partial charge in [0.05, 0.1) is 12.7 Å². The fourth-order valence-electron chi connectivity index (χ4n) is 1.97. The van der Waals surface area contributed by atoms with Crippen molar-refractivity contribution in [3.8, 4) is 0 Å². The van der Waals surface area contributed by atoms with Crippen LogP contribution in [-0.2, 0) is 4.74 Å². The molecule has 0 bridgehead atoms. The monoisotopic (exact) mass is 257 g/mol. The van der Waals surface area contributed by atoms with Crippen molar-refractivity contribution in [1.82, 2.24) is 9.55 Å². The number of hydrogen-bond acceptors (Lipinski definition) is 6. The van der Waals surface area contributed by atoms with E-state index in [1.807, 2.05) is 0 Å². The van der Waals surface area contributed by atoms with E-state index in [4.69, 9.17) is 15.6 Å². The topological polar surface area (TPSA) is 131 Å². The molecule has 0 aliphatic carbocycles. The molecule has 1 aliphatic rings. The van der Waals surface area contributed by atoms with E-state index < -0.39 is 42.3 Å². The van der Waals surface area contributed by atoms with Crippen molar-refractivity contribution in [2.45, 2.75) is 30.9 Å². The Balaban J connectivity index is 2.28. The molecule has 0 unspecified atom stereocenters. The zero-order chi connectivity index (χ0) is 13.3. The summed E-state index contributed by atoms with van der Waals surface area (Å²) in [4.78, 5) is 24.6. The summed E-state index contributed by atoms with van der Waals surface area (Å²) in [5, 5.41) is 18.7. The van der Waals surface area contributed by atoms with Crippen LogP contribution in [0.4, 0.5) is 0 Å². The summed E-state index contributed by atoms with van der Waals surface area (Å²) in [5.41, 5.74) is 4.60. The van der Waals surface area contributed by atoms with Crippen LogP contribution in [0.25, 0.3) is 0 Å². The quantitative estimate of drug-likeness (QED) is 0.463. The molecule has 1 aromatic heterocycles. The van der Waals surface area contributed by atoms with Crippen molar-refractivity contribution in [3.05, 3.63) is 33.1 Å². The number of nitrogens with one attached hydrogen (secondary N) is 1. The lowest BCUT2D eigenvalue weighted by Gasteiger charge is -2.37. The summed E-state index contributed by atoms with van der Waals surface area (Å²) in [6, 6.07) is 0.578. The molecule has 1 aromatic rings. The highest BCUT2D eigenvalue weighted by Crippen LogP contribution is 2.25. The predicted octanol–water partition coefficient (Wildman–Crippen LogP) is -2.50. The van der Waals surface area contributed by atoms with Crippen LogP contribution in [-0.4, -0.2) is 44.6 Å². The minimum Gasteiger partial charge on any atom is -0.394 e. The number of ether oxygens (including phenoxy) is 1. The van der Waals surface area contributed by atoms with E-state index in [1.54, 1.807) is 0 Å². The lowest BCUT2D eigenvalue weighted by Crippen LogP contribution is -2.53. The molecule has 0 saturated carbocycles. The van der Waals surface area contributed by atoms with Gasteiger partial charge < -0.3 is 20.7 Å². The van der Waals surface area contributed by atoms with E-state index in [2.05, 4.69) is 4.98 Å². The summed E-state index contributed by atoms with van der Waals surface area (Å²) in [7, 11) is 0. The summed E-state index contributed by atoms with van der Waals surface area (Å²) < 4.78 is 6.56. The van der Waals surface area contributed by atoms with Crippen LogP contribution in [0, 0.1) is 0 Å². The number of aromatic amines is 1. The Bertz CT molecular complexity index is 525. The SMILES string of the molecule is N[C@@H]1C[C@H](n2ccc(=O)[nH]c2=O)O[C@H](CO)[C@H]1O. The number of nitrogens with zero attached hydrogens (tertiary/aromatic N) is 1. The van der Waals surface area contributed by atoms with Crippen LogP contribution in [0.5, 0.6) is 0 Å². The molecule has 8 heteroatoms. The highest BCUT2D eigenvalue weighted by Gasteiger charge is 2.36. The largest absolute Gasteiger partial charge is 0.394 e. The van der Waals surface area contributed by atoms with Gasteiger partial charge in [0.15, 0.2) is 0 Å². The van der Waals surface area contributed by atoms with Crippen LogP contribution < -0.4 is 17.0 Å². The maximum Gasteiger partial charge on any atom is 0.330 e. The van der Waals surface area contributed by atoms with Crippen LogP contribution in [0.15, 0.2) is 21.9 Å². The summed E-state index contributed by atoms with van der Waals surface area (Å²) in [6.07, 6.45) is -1.04. The molecule has 5 N–H and O–H groups in total. The van der Waals surface area contributed by atoms with Gasteiger partial charge in [-0.25, -0.2) is 4.79 Å². The van der Waals surface area contributed by atoms with Crippen LogP contribution in [0.2, 0.25) is 0 Å². The third-order valence-electron chi connectivity index (χ3n) is 2.97. The minimum atomic E-state index is -0.982. The third-order valence-corrected chi connectivity index (χ3v) is 2.97. The van der Waals surface area contributed by atoms with Crippen molar-refractivity contribution in [1.29, 1.82) is 0 Å². The second-order valence-corrected chi connectivity index (χ2v) is 4.22.